The normalized spacial score (nSPS) is 11.8. The van der Waals surface area contributed by atoms with Gasteiger partial charge in [0.2, 0.25) is 0 Å². The van der Waals surface area contributed by atoms with Gasteiger partial charge in [-0.1, -0.05) is 121 Å². The molecule has 0 N–H and O–H groups in total. The molecule has 2 heterocycles. The highest BCUT2D eigenvalue weighted by atomic mass is 16.3. The maximum absolute atomic E-state index is 6.36. The van der Waals surface area contributed by atoms with Gasteiger partial charge in [0.15, 0.2) is 0 Å². The minimum atomic E-state index is 0.888. The van der Waals surface area contributed by atoms with E-state index in [1.807, 2.05) is 24.3 Å². The highest BCUT2D eigenvalue weighted by molar-refractivity contribution is 6.13. The van der Waals surface area contributed by atoms with Gasteiger partial charge >= 0.3 is 0 Å². The van der Waals surface area contributed by atoms with Crippen LogP contribution in [0.25, 0.3) is 110 Å². The average Bonchev–Trinajstić information content (AvgIpc) is 3.78. The Morgan fingerprint density at radius 2 is 0.827 bits per heavy atom. The predicted octanol–water partition coefficient (Wildman–Crippen LogP) is 14.5. The van der Waals surface area contributed by atoms with E-state index < -0.39 is 0 Å². The number of hydrogen-bond acceptors (Lipinski definition) is 2. The molecule has 52 heavy (non-hydrogen) atoms. The number of fused-ring (bicyclic) bond motifs is 8. The molecular weight excluding hydrogens is 633 g/mol. The van der Waals surface area contributed by atoms with E-state index in [0.29, 0.717) is 0 Å². The smallest absolute Gasteiger partial charge is 0.136 e. The van der Waals surface area contributed by atoms with E-state index in [-0.39, 0.29) is 0 Å². The Hall–Kier alpha value is -6.90. The fourth-order valence-corrected chi connectivity index (χ4v) is 8.10. The molecular formula is C50H30O2. The summed E-state index contributed by atoms with van der Waals surface area (Å²) in [6.07, 6.45) is 0. The van der Waals surface area contributed by atoms with Gasteiger partial charge in [-0.15, -0.1) is 0 Å². The second-order valence-electron chi connectivity index (χ2n) is 13.7. The lowest BCUT2D eigenvalue weighted by molar-refractivity contribution is 0.668. The zero-order valence-corrected chi connectivity index (χ0v) is 28.1. The molecule has 0 atom stereocenters. The van der Waals surface area contributed by atoms with Crippen LogP contribution in [0.4, 0.5) is 0 Å². The quantitative estimate of drug-likeness (QED) is 0.187. The van der Waals surface area contributed by atoms with Crippen molar-refractivity contribution in [3.05, 3.63) is 182 Å². The molecule has 0 amide bonds. The Morgan fingerprint density at radius 3 is 1.71 bits per heavy atom. The van der Waals surface area contributed by atoms with Crippen molar-refractivity contribution in [2.45, 2.75) is 0 Å². The van der Waals surface area contributed by atoms with E-state index in [1.54, 1.807) is 0 Å². The molecule has 0 aliphatic carbocycles. The van der Waals surface area contributed by atoms with Gasteiger partial charge in [0.1, 0.15) is 22.3 Å². The van der Waals surface area contributed by atoms with Crippen LogP contribution in [-0.4, -0.2) is 0 Å². The molecule has 2 heteroatoms. The van der Waals surface area contributed by atoms with Gasteiger partial charge in [-0.2, -0.15) is 0 Å². The second kappa shape index (κ2) is 11.3. The van der Waals surface area contributed by atoms with Crippen LogP contribution in [-0.2, 0) is 0 Å². The first kappa shape index (κ1) is 28.9. The summed E-state index contributed by atoms with van der Waals surface area (Å²) in [7, 11) is 0. The van der Waals surface area contributed by atoms with E-state index >= 15 is 0 Å². The van der Waals surface area contributed by atoms with Crippen molar-refractivity contribution >= 4 is 65.4 Å². The molecule has 242 valence electrons. The van der Waals surface area contributed by atoms with Gasteiger partial charge in [-0.25, -0.2) is 0 Å². The SMILES string of the molecule is c1ccc2cc(-c3cccc4ccc(-c5cc(-c6ccc7c(c6)oc6ccccc67)cc(-c6cccc7oc8ccccc8c67)c5)cc34)ccc2c1. The Labute approximate surface area is 299 Å². The fraction of sp³-hybridized carbons (Fsp3) is 0. The first-order valence-corrected chi connectivity index (χ1v) is 17.7. The lowest BCUT2D eigenvalue weighted by Gasteiger charge is -2.14. The van der Waals surface area contributed by atoms with Gasteiger partial charge in [-0.3, -0.25) is 0 Å². The topological polar surface area (TPSA) is 26.3 Å². The minimum absolute atomic E-state index is 0.888. The second-order valence-corrected chi connectivity index (χ2v) is 13.7. The van der Waals surface area contributed by atoms with Crippen molar-refractivity contribution in [1.29, 1.82) is 0 Å². The van der Waals surface area contributed by atoms with Crippen LogP contribution in [0.2, 0.25) is 0 Å². The lowest BCUT2D eigenvalue weighted by atomic mass is 9.90. The summed E-state index contributed by atoms with van der Waals surface area (Å²) in [5.41, 5.74) is 12.9. The summed E-state index contributed by atoms with van der Waals surface area (Å²) in [6.45, 7) is 0. The zero-order chi connectivity index (χ0) is 34.2. The number of para-hydroxylation sites is 2. The van der Waals surface area contributed by atoms with Crippen LogP contribution in [0.15, 0.2) is 191 Å². The van der Waals surface area contributed by atoms with E-state index in [9.17, 15) is 0 Å². The van der Waals surface area contributed by atoms with Crippen LogP contribution in [0.3, 0.4) is 0 Å². The summed E-state index contributed by atoms with van der Waals surface area (Å²) >= 11 is 0. The third-order valence-corrected chi connectivity index (χ3v) is 10.6. The number of furan rings is 2. The molecule has 11 aromatic rings. The highest BCUT2D eigenvalue weighted by Gasteiger charge is 2.16. The minimum Gasteiger partial charge on any atom is -0.456 e. The van der Waals surface area contributed by atoms with E-state index in [0.717, 1.165) is 77.3 Å². The van der Waals surface area contributed by atoms with Crippen molar-refractivity contribution in [3.63, 3.8) is 0 Å². The largest absolute Gasteiger partial charge is 0.456 e. The van der Waals surface area contributed by atoms with Crippen LogP contribution < -0.4 is 0 Å². The third-order valence-electron chi connectivity index (χ3n) is 10.6. The van der Waals surface area contributed by atoms with Crippen LogP contribution in [0.1, 0.15) is 0 Å². The van der Waals surface area contributed by atoms with E-state index in [4.69, 9.17) is 8.83 Å². The van der Waals surface area contributed by atoms with Gasteiger partial charge < -0.3 is 8.83 Å². The molecule has 2 nitrogen and oxygen atoms in total. The fourth-order valence-electron chi connectivity index (χ4n) is 8.10. The van der Waals surface area contributed by atoms with Crippen LogP contribution in [0.5, 0.6) is 0 Å². The van der Waals surface area contributed by atoms with Crippen LogP contribution >= 0.6 is 0 Å². The molecule has 0 bridgehead atoms. The van der Waals surface area contributed by atoms with Gasteiger partial charge in [0.05, 0.1) is 0 Å². The van der Waals surface area contributed by atoms with Crippen molar-refractivity contribution in [1.82, 2.24) is 0 Å². The van der Waals surface area contributed by atoms with Crippen LogP contribution in [0, 0.1) is 0 Å². The molecule has 0 saturated carbocycles. The van der Waals surface area contributed by atoms with Gasteiger partial charge in [0, 0.05) is 21.5 Å². The molecule has 0 fully saturated rings. The molecule has 0 aliphatic heterocycles. The molecule has 0 unspecified atom stereocenters. The van der Waals surface area contributed by atoms with Crippen molar-refractivity contribution in [2.24, 2.45) is 0 Å². The highest BCUT2D eigenvalue weighted by Crippen LogP contribution is 2.42. The van der Waals surface area contributed by atoms with E-state index in [2.05, 4.69) is 158 Å². The Balaban J connectivity index is 1.14. The van der Waals surface area contributed by atoms with Crippen molar-refractivity contribution in [3.8, 4) is 44.5 Å². The zero-order valence-electron chi connectivity index (χ0n) is 28.1. The van der Waals surface area contributed by atoms with E-state index in [1.165, 1.54) is 32.7 Å². The summed E-state index contributed by atoms with van der Waals surface area (Å²) < 4.78 is 12.7. The molecule has 9 aromatic carbocycles. The Morgan fingerprint density at radius 1 is 0.250 bits per heavy atom. The summed E-state index contributed by atoms with van der Waals surface area (Å²) in [5.74, 6) is 0. The molecule has 2 aromatic heterocycles. The monoisotopic (exact) mass is 662 g/mol. The summed E-state index contributed by atoms with van der Waals surface area (Å²) in [4.78, 5) is 0. The Bertz CT molecular complexity index is 3190. The predicted molar refractivity (Wildman–Crippen MR) is 218 cm³/mol. The standard InChI is InChI=1S/C50H30O2/c1-2-10-33-25-36(22-19-31(33)9-1)40-14-7-11-32-20-21-34(29-45(32)40)37-26-38(35-23-24-43-42-12-3-5-16-46(42)52-49(43)30-35)28-39(27-37)41-15-8-18-48-50(41)44-13-4-6-17-47(44)51-48/h1-30H. The Kier molecular flexibility index (Phi) is 6.28. The maximum Gasteiger partial charge on any atom is 0.136 e. The summed E-state index contributed by atoms with van der Waals surface area (Å²) in [5, 5.41) is 9.45. The van der Waals surface area contributed by atoms with Crippen molar-refractivity contribution < 1.29 is 8.83 Å². The number of benzene rings is 9. The first-order valence-electron chi connectivity index (χ1n) is 17.7. The number of rotatable bonds is 4. The maximum atomic E-state index is 6.36. The molecule has 0 saturated heterocycles. The van der Waals surface area contributed by atoms with Gasteiger partial charge in [-0.05, 0) is 127 Å². The molecule has 11 rings (SSSR count). The van der Waals surface area contributed by atoms with Gasteiger partial charge in [0.25, 0.3) is 0 Å². The third kappa shape index (κ3) is 4.58. The first-order chi connectivity index (χ1) is 25.7. The molecule has 0 spiro atoms. The molecule has 0 aliphatic rings. The van der Waals surface area contributed by atoms with Crippen molar-refractivity contribution in [2.75, 3.05) is 0 Å². The molecule has 0 radical (unpaired) electrons. The average molecular weight is 663 g/mol. The summed E-state index contributed by atoms with van der Waals surface area (Å²) in [6, 6.07) is 65.3. The lowest BCUT2D eigenvalue weighted by Crippen LogP contribution is -1.88. The number of hydrogen-bond donors (Lipinski definition) is 0.